The Morgan fingerprint density at radius 3 is 2.53 bits per heavy atom. The Balaban J connectivity index is 3.07. The van der Waals surface area contributed by atoms with Gasteiger partial charge in [-0.15, -0.1) is 0 Å². The summed E-state index contributed by atoms with van der Waals surface area (Å²) in [7, 11) is -3.93. The fourth-order valence-corrected chi connectivity index (χ4v) is 2.01. The summed E-state index contributed by atoms with van der Waals surface area (Å²) < 4.78 is 27.1. The molecule has 7 heteroatoms. The molecule has 0 radical (unpaired) electrons. The van der Waals surface area contributed by atoms with E-state index in [1.54, 1.807) is 6.07 Å². The van der Waals surface area contributed by atoms with Crippen molar-refractivity contribution in [3.63, 3.8) is 0 Å². The van der Waals surface area contributed by atoms with Gasteiger partial charge in [0.25, 0.3) is 10.1 Å². The zero-order chi connectivity index (χ0) is 11.5. The number of nitrogens with zero attached hydrogens (tertiary/aromatic N) is 1. The van der Waals surface area contributed by atoms with E-state index in [2.05, 4.69) is 4.18 Å². The van der Waals surface area contributed by atoms with Gasteiger partial charge in [0.1, 0.15) is 0 Å². The molecule has 0 saturated carbocycles. The number of benzene rings is 1. The predicted molar refractivity (Wildman–Crippen MR) is 55.2 cm³/mol. The van der Waals surface area contributed by atoms with Crippen LogP contribution < -0.4 is 0 Å². The number of halogens is 2. The lowest BCUT2D eigenvalue weighted by atomic mass is 10.4. The molecule has 0 spiro atoms. The van der Waals surface area contributed by atoms with Gasteiger partial charge in [0.05, 0.1) is 21.0 Å². The first-order valence-electron chi connectivity index (χ1n) is 3.69. The smallest absolute Gasteiger partial charge is 0.251 e. The van der Waals surface area contributed by atoms with Crippen LogP contribution in [-0.4, -0.2) is 15.0 Å². The molecule has 15 heavy (non-hydrogen) atoms. The molecule has 0 aliphatic heterocycles. The molecule has 0 aromatic heterocycles. The summed E-state index contributed by atoms with van der Waals surface area (Å²) >= 11 is 11.3. The SMILES string of the molecule is N#CCOS(=O)(=O)c1ccc(Cl)c(Cl)c1. The second kappa shape index (κ2) is 4.81. The zero-order valence-electron chi connectivity index (χ0n) is 7.28. The van der Waals surface area contributed by atoms with Gasteiger partial charge in [0.15, 0.2) is 6.61 Å². The Morgan fingerprint density at radius 1 is 1.33 bits per heavy atom. The van der Waals surface area contributed by atoms with Crippen LogP contribution in [0.2, 0.25) is 10.0 Å². The summed E-state index contributed by atoms with van der Waals surface area (Å²) in [5.74, 6) is 0. The molecular weight excluding hydrogens is 261 g/mol. The lowest BCUT2D eigenvalue weighted by Crippen LogP contribution is -2.06. The maximum absolute atomic E-state index is 11.4. The van der Waals surface area contributed by atoms with Gasteiger partial charge in [0.2, 0.25) is 0 Å². The van der Waals surface area contributed by atoms with Gasteiger partial charge in [-0.1, -0.05) is 23.2 Å². The maximum Gasteiger partial charge on any atom is 0.298 e. The number of hydrogen-bond donors (Lipinski definition) is 0. The van der Waals surface area contributed by atoms with E-state index in [0.29, 0.717) is 0 Å². The van der Waals surface area contributed by atoms with E-state index >= 15 is 0 Å². The molecule has 0 N–H and O–H groups in total. The van der Waals surface area contributed by atoms with Crippen molar-refractivity contribution < 1.29 is 12.6 Å². The molecular formula is C8H5Cl2NO3S. The molecule has 80 valence electrons. The fraction of sp³-hybridized carbons (Fsp3) is 0.125. The van der Waals surface area contributed by atoms with Crippen molar-refractivity contribution in [2.75, 3.05) is 6.61 Å². The van der Waals surface area contributed by atoms with Crippen molar-refractivity contribution in [1.82, 2.24) is 0 Å². The van der Waals surface area contributed by atoms with E-state index in [9.17, 15) is 8.42 Å². The first kappa shape index (κ1) is 12.3. The Kier molecular flexibility index (Phi) is 3.94. The Labute approximate surface area is 97.1 Å². The van der Waals surface area contributed by atoms with Crippen LogP contribution in [0.15, 0.2) is 23.1 Å². The third-order valence-electron chi connectivity index (χ3n) is 1.46. The van der Waals surface area contributed by atoms with Crippen LogP contribution >= 0.6 is 23.2 Å². The third-order valence-corrected chi connectivity index (χ3v) is 3.46. The third kappa shape index (κ3) is 3.08. The number of nitriles is 1. The molecule has 1 rings (SSSR count). The predicted octanol–water partition coefficient (Wildman–Crippen LogP) is 2.22. The van der Waals surface area contributed by atoms with Crippen molar-refractivity contribution >= 4 is 33.3 Å². The Bertz CT molecular complexity index is 507. The summed E-state index contributed by atoms with van der Waals surface area (Å²) in [4.78, 5) is -0.132. The van der Waals surface area contributed by atoms with Crippen molar-refractivity contribution in [3.8, 4) is 6.07 Å². The number of hydrogen-bond acceptors (Lipinski definition) is 4. The van der Waals surface area contributed by atoms with Crippen LogP contribution in [0.4, 0.5) is 0 Å². The van der Waals surface area contributed by atoms with Gasteiger partial charge < -0.3 is 0 Å². The van der Waals surface area contributed by atoms with Crippen LogP contribution in [0, 0.1) is 11.3 Å². The second-order valence-corrected chi connectivity index (χ2v) is 4.88. The van der Waals surface area contributed by atoms with Crippen LogP contribution in [0.3, 0.4) is 0 Å². The van der Waals surface area contributed by atoms with E-state index in [0.717, 1.165) is 6.07 Å². The lowest BCUT2D eigenvalue weighted by Gasteiger charge is -2.03. The first-order chi connectivity index (χ1) is 6.97. The highest BCUT2D eigenvalue weighted by Crippen LogP contribution is 2.25. The van der Waals surface area contributed by atoms with Gasteiger partial charge in [-0.25, -0.2) is 0 Å². The molecule has 0 atom stereocenters. The van der Waals surface area contributed by atoms with E-state index in [1.807, 2.05) is 0 Å². The van der Waals surface area contributed by atoms with Crippen molar-refractivity contribution in [2.45, 2.75) is 4.90 Å². The van der Waals surface area contributed by atoms with Crippen LogP contribution in [0.25, 0.3) is 0 Å². The van der Waals surface area contributed by atoms with E-state index in [1.165, 1.54) is 12.1 Å². The molecule has 0 heterocycles. The van der Waals surface area contributed by atoms with Crippen molar-refractivity contribution in [2.24, 2.45) is 0 Å². The van der Waals surface area contributed by atoms with Crippen molar-refractivity contribution in [3.05, 3.63) is 28.2 Å². The lowest BCUT2D eigenvalue weighted by molar-refractivity contribution is 0.361. The molecule has 0 saturated heterocycles. The van der Waals surface area contributed by atoms with Gasteiger partial charge in [-0.05, 0) is 18.2 Å². The van der Waals surface area contributed by atoms with E-state index in [4.69, 9.17) is 28.5 Å². The molecule has 1 aromatic rings. The molecule has 0 unspecified atom stereocenters. The van der Waals surface area contributed by atoms with Gasteiger partial charge >= 0.3 is 0 Å². The van der Waals surface area contributed by atoms with Crippen LogP contribution in [-0.2, 0) is 14.3 Å². The second-order valence-electron chi connectivity index (χ2n) is 2.45. The van der Waals surface area contributed by atoms with Gasteiger partial charge in [0, 0.05) is 0 Å². The molecule has 0 aliphatic rings. The highest BCUT2D eigenvalue weighted by atomic mass is 35.5. The Morgan fingerprint density at radius 2 is 2.00 bits per heavy atom. The molecule has 4 nitrogen and oxygen atoms in total. The standard InChI is InChI=1S/C8H5Cl2NO3S/c9-7-2-1-6(5-8(7)10)15(12,13)14-4-3-11/h1-2,5H,4H2. The van der Waals surface area contributed by atoms with E-state index in [-0.39, 0.29) is 14.9 Å². The minimum absolute atomic E-state index is 0.110. The van der Waals surface area contributed by atoms with Gasteiger partial charge in [-0.3, -0.25) is 4.18 Å². The van der Waals surface area contributed by atoms with E-state index < -0.39 is 16.7 Å². The molecule has 0 fully saturated rings. The molecule has 0 amide bonds. The average molecular weight is 266 g/mol. The quantitative estimate of drug-likeness (QED) is 0.786. The summed E-state index contributed by atoms with van der Waals surface area (Å²) in [6.45, 7) is -0.539. The summed E-state index contributed by atoms with van der Waals surface area (Å²) in [5, 5.41) is 8.54. The summed E-state index contributed by atoms with van der Waals surface area (Å²) in [6, 6.07) is 5.31. The highest BCUT2D eigenvalue weighted by Gasteiger charge is 2.16. The zero-order valence-corrected chi connectivity index (χ0v) is 9.60. The molecule has 1 aromatic carbocycles. The summed E-state index contributed by atoms with van der Waals surface area (Å²) in [5.41, 5.74) is 0. The summed E-state index contributed by atoms with van der Waals surface area (Å²) in [6.07, 6.45) is 0. The minimum Gasteiger partial charge on any atom is -0.251 e. The topological polar surface area (TPSA) is 67.2 Å². The van der Waals surface area contributed by atoms with Crippen molar-refractivity contribution in [1.29, 1.82) is 5.26 Å². The highest BCUT2D eigenvalue weighted by molar-refractivity contribution is 7.86. The fourth-order valence-electron chi connectivity index (χ4n) is 0.804. The number of rotatable bonds is 3. The maximum atomic E-state index is 11.4. The van der Waals surface area contributed by atoms with Crippen LogP contribution in [0.1, 0.15) is 0 Å². The largest absolute Gasteiger partial charge is 0.298 e. The van der Waals surface area contributed by atoms with Crippen LogP contribution in [0.5, 0.6) is 0 Å². The molecule has 0 bridgehead atoms. The minimum atomic E-state index is -3.93. The average Bonchev–Trinajstić information content (AvgIpc) is 2.19. The normalized spacial score (nSPS) is 11.0. The molecule has 0 aliphatic carbocycles. The Hall–Kier alpha value is -0.800. The monoisotopic (exact) mass is 265 g/mol. The first-order valence-corrected chi connectivity index (χ1v) is 5.85. The van der Waals surface area contributed by atoms with Gasteiger partial charge in [-0.2, -0.15) is 13.7 Å².